The smallest absolute Gasteiger partial charge is 0.123 e. The number of aliphatic hydroxyl groups excluding tert-OH is 1. The van der Waals surface area contributed by atoms with E-state index in [0.29, 0.717) is 5.92 Å². The molecule has 0 aliphatic heterocycles. The van der Waals surface area contributed by atoms with Gasteiger partial charge in [0.05, 0.1) is 13.2 Å². The summed E-state index contributed by atoms with van der Waals surface area (Å²) in [4.78, 5) is 0. The molecule has 2 N–H and O–H groups in total. The fraction of sp³-hybridized carbons (Fsp3) is 0.600. The van der Waals surface area contributed by atoms with Crippen molar-refractivity contribution in [2.75, 3.05) is 13.7 Å². The number of hydrogen-bond donors (Lipinski definition) is 2. The molecule has 1 aromatic carbocycles. The van der Waals surface area contributed by atoms with Crippen molar-refractivity contribution in [2.45, 2.75) is 39.3 Å². The Morgan fingerprint density at radius 3 is 2.50 bits per heavy atom. The van der Waals surface area contributed by atoms with E-state index in [0.717, 1.165) is 18.7 Å². The fourth-order valence-corrected chi connectivity index (χ4v) is 2.18. The van der Waals surface area contributed by atoms with E-state index in [2.05, 4.69) is 25.2 Å². The molecule has 18 heavy (non-hydrogen) atoms. The Morgan fingerprint density at radius 1 is 1.22 bits per heavy atom. The second kappa shape index (κ2) is 7.39. The van der Waals surface area contributed by atoms with E-state index in [-0.39, 0.29) is 12.1 Å². The van der Waals surface area contributed by atoms with Crippen LogP contribution in [0.5, 0.6) is 5.75 Å². The van der Waals surface area contributed by atoms with E-state index in [4.69, 9.17) is 4.74 Å². The van der Waals surface area contributed by atoms with Crippen molar-refractivity contribution in [3.63, 3.8) is 0 Å². The second-order valence-electron chi connectivity index (χ2n) is 5.06. The molecule has 102 valence electrons. The molecular formula is C15H25NO2. The molecule has 0 fully saturated rings. The van der Waals surface area contributed by atoms with Crippen molar-refractivity contribution >= 4 is 0 Å². The summed E-state index contributed by atoms with van der Waals surface area (Å²) >= 11 is 0. The number of methoxy groups -OCH3 is 1. The van der Waals surface area contributed by atoms with Crippen molar-refractivity contribution < 1.29 is 9.84 Å². The van der Waals surface area contributed by atoms with Gasteiger partial charge in [-0.25, -0.2) is 0 Å². The van der Waals surface area contributed by atoms with Crippen LogP contribution in [0.3, 0.4) is 0 Å². The number of para-hydroxylation sites is 1. The topological polar surface area (TPSA) is 41.5 Å². The zero-order valence-corrected chi connectivity index (χ0v) is 11.8. The van der Waals surface area contributed by atoms with Gasteiger partial charge in [0.25, 0.3) is 0 Å². The van der Waals surface area contributed by atoms with Crippen molar-refractivity contribution in [3.05, 3.63) is 29.8 Å². The van der Waals surface area contributed by atoms with Crippen LogP contribution in [0.4, 0.5) is 0 Å². The molecule has 0 spiro atoms. The lowest BCUT2D eigenvalue weighted by molar-refractivity contribution is 0.162. The van der Waals surface area contributed by atoms with Gasteiger partial charge in [0.2, 0.25) is 0 Å². The van der Waals surface area contributed by atoms with Crippen LogP contribution in [0, 0.1) is 5.92 Å². The largest absolute Gasteiger partial charge is 0.496 e. The average molecular weight is 251 g/mol. The molecule has 0 bridgehead atoms. The van der Waals surface area contributed by atoms with Crippen LogP contribution in [0.15, 0.2) is 24.3 Å². The Balaban J connectivity index is 2.52. The summed E-state index contributed by atoms with van der Waals surface area (Å²) in [5, 5.41) is 12.8. The van der Waals surface area contributed by atoms with Crippen LogP contribution >= 0.6 is 0 Å². The van der Waals surface area contributed by atoms with Crippen molar-refractivity contribution in [2.24, 2.45) is 5.92 Å². The molecule has 3 atom stereocenters. The van der Waals surface area contributed by atoms with Gasteiger partial charge in [0.1, 0.15) is 5.75 Å². The zero-order chi connectivity index (χ0) is 13.5. The minimum absolute atomic E-state index is 0.233. The molecule has 3 unspecified atom stereocenters. The van der Waals surface area contributed by atoms with Crippen molar-refractivity contribution in [3.8, 4) is 5.75 Å². The summed E-state index contributed by atoms with van der Waals surface area (Å²) in [6.45, 7) is 7.01. The molecule has 0 radical (unpaired) electrons. The molecule has 0 saturated heterocycles. The molecule has 3 heteroatoms. The summed E-state index contributed by atoms with van der Waals surface area (Å²) in [5.41, 5.74) is 1.17. The monoisotopic (exact) mass is 251 g/mol. The Labute approximate surface area is 110 Å². The second-order valence-corrected chi connectivity index (χ2v) is 5.06. The fourth-order valence-electron chi connectivity index (χ4n) is 2.18. The summed E-state index contributed by atoms with van der Waals surface area (Å²) < 4.78 is 5.36. The summed E-state index contributed by atoms with van der Waals surface area (Å²) in [6.07, 6.45) is 0.592. The van der Waals surface area contributed by atoms with E-state index in [1.807, 2.05) is 25.1 Å². The van der Waals surface area contributed by atoms with Gasteiger partial charge in [0.15, 0.2) is 0 Å². The highest BCUT2D eigenvalue weighted by Gasteiger charge is 2.12. The lowest BCUT2D eigenvalue weighted by Crippen LogP contribution is -2.26. The van der Waals surface area contributed by atoms with E-state index >= 15 is 0 Å². The van der Waals surface area contributed by atoms with Gasteiger partial charge >= 0.3 is 0 Å². The summed E-state index contributed by atoms with van der Waals surface area (Å²) in [7, 11) is 1.70. The standard InChI is InChI=1S/C15H25NO2/c1-11(9-12(2)17)10-16-13(3)14-7-5-6-8-15(14)18-4/h5-8,11-13,16-17H,9-10H2,1-4H3. The van der Waals surface area contributed by atoms with Gasteiger partial charge in [-0.05, 0) is 38.8 Å². The zero-order valence-electron chi connectivity index (χ0n) is 11.8. The van der Waals surface area contributed by atoms with Crippen LogP contribution in [0.1, 0.15) is 38.8 Å². The minimum atomic E-state index is -0.233. The van der Waals surface area contributed by atoms with Gasteiger partial charge in [-0.15, -0.1) is 0 Å². The molecular weight excluding hydrogens is 226 g/mol. The maximum Gasteiger partial charge on any atom is 0.123 e. The third kappa shape index (κ3) is 4.67. The quantitative estimate of drug-likeness (QED) is 0.783. The Hall–Kier alpha value is -1.06. The summed E-state index contributed by atoms with van der Waals surface area (Å²) in [5.74, 6) is 1.38. The van der Waals surface area contributed by atoms with Gasteiger partial charge in [-0.3, -0.25) is 0 Å². The van der Waals surface area contributed by atoms with E-state index in [1.165, 1.54) is 5.56 Å². The third-order valence-electron chi connectivity index (χ3n) is 3.12. The predicted molar refractivity (Wildman–Crippen MR) is 74.9 cm³/mol. The number of nitrogens with one attached hydrogen (secondary N) is 1. The Kier molecular flexibility index (Phi) is 6.16. The Morgan fingerprint density at radius 2 is 1.89 bits per heavy atom. The molecule has 0 aliphatic carbocycles. The molecule has 1 aromatic rings. The lowest BCUT2D eigenvalue weighted by atomic mass is 10.0. The SMILES string of the molecule is COc1ccccc1C(C)NCC(C)CC(C)O. The number of ether oxygens (including phenoxy) is 1. The lowest BCUT2D eigenvalue weighted by Gasteiger charge is -2.20. The summed E-state index contributed by atoms with van der Waals surface area (Å²) in [6, 6.07) is 8.31. The molecule has 0 saturated carbocycles. The maximum atomic E-state index is 9.34. The van der Waals surface area contributed by atoms with Crippen LogP contribution in [0.25, 0.3) is 0 Å². The highest BCUT2D eigenvalue weighted by atomic mass is 16.5. The van der Waals surface area contributed by atoms with Crippen LogP contribution < -0.4 is 10.1 Å². The highest BCUT2D eigenvalue weighted by Crippen LogP contribution is 2.24. The van der Waals surface area contributed by atoms with Crippen LogP contribution in [-0.2, 0) is 0 Å². The first-order chi connectivity index (χ1) is 8.54. The molecule has 0 heterocycles. The predicted octanol–water partition coefficient (Wildman–Crippen LogP) is 2.75. The molecule has 0 amide bonds. The molecule has 0 aliphatic rings. The Bertz CT molecular complexity index is 352. The molecule has 0 aromatic heterocycles. The van der Waals surface area contributed by atoms with Gasteiger partial charge < -0.3 is 15.2 Å². The average Bonchev–Trinajstić information content (AvgIpc) is 2.35. The minimum Gasteiger partial charge on any atom is -0.496 e. The normalized spacial score (nSPS) is 16.1. The number of rotatable bonds is 7. The van der Waals surface area contributed by atoms with Crippen molar-refractivity contribution in [1.82, 2.24) is 5.32 Å². The molecule has 1 rings (SSSR count). The van der Waals surface area contributed by atoms with Crippen LogP contribution in [-0.4, -0.2) is 24.9 Å². The van der Waals surface area contributed by atoms with E-state index in [1.54, 1.807) is 7.11 Å². The first kappa shape index (κ1) is 15.0. The van der Waals surface area contributed by atoms with E-state index in [9.17, 15) is 5.11 Å². The number of benzene rings is 1. The van der Waals surface area contributed by atoms with Crippen molar-refractivity contribution in [1.29, 1.82) is 0 Å². The van der Waals surface area contributed by atoms with Gasteiger partial charge in [-0.1, -0.05) is 25.1 Å². The van der Waals surface area contributed by atoms with E-state index < -0.39 is 0 Å². The van der Waals surface area contributed by atoms with Gasteiger partial charge in [-0.2, -0.15) is 0 Å². The number of aliphatic hydroxyl groups is 1. The number of hydrogen-bond acceptors (Lipinski definition) is 3. The van der Waals surface area contributed by atoms with Crippen LogP contribution in [0.2, 0.25) is 0 Å². The third-order valence-corrected chi connectivity index (χ3v) is 3.12. The van der Waals surface area contributed by atoms with Gasteiger partial charge in [0, 0.05) is 11.6 Å². The maximum absolute atomic E-state index is 9.34. The highest BCUT2D eigenvalue weighted by molar-refractivity contribution is 5.35. The molecule has 3 nitrogen and oxygen atoms in total. The first-order valence-corrected chi connectivity index (χ1v) is 6.59. The first-order valence-electron chi connectivity index (χ1n) is 6.59.